The van der Waals surface area contributed by atoms with E-state index in [1.54, 1.807) is 0 Å². The lowest BCUT2D eigenvalue weighted by Gasteiger charge is -2.17. The number of amides is 1. The van der Waals surface area contributed by atoms with Crippen LogP contribution in [-0.2, 0) is 13.0 Å². The van der Waals surface area contributed by atoms with Gasteiger partial charge in [0.1, 0.15) is 0 Å². The second-order valence-corrected chi connectivity index (χ2v) is 5.02. The predicted octanol–water partition coefficient (Wildman–Crippen LogP) is 1.22. The number of fused-ring (bicyclic) bond motifs is 1. The number of carbonyl (C=O) groups is 1. The van der Waals surface area contributed by atoms with Crippen molar-refractivity contribution in [3.8, 4) is 0 Å². The van der Waals surface area contributed by atoms with Crippen LogP contribution in [0.25, 0.3) is 0 Å². The molecule has 0 saturated carbocycles. The van der Waals surface area contributed by atoms with Crippen molar-refractivity contribution in [1.82, 2.24) is 10.6 Å². The standard InChI is InChI=1S/C15H22N2O2/c1-2-14(18)6-8-17-15(19)12-4-3-11-5-7-16-10-13(11)9-12/h3-4,9,14,16,18H,2,5-8,10H2,1H3,(H,17,19). The molecule has 1 aromatic carbocycles. The second kappa shape index (κ2) is 6.68. The van der Waals surface area contributed by atoms with E-state index in [0.717, 1.165) is 25.9 Å². The minimum absolute atomic E-state index is 0.0586. The Morgan fingerprint density at radius 1 is 1.47 bits per heavy atom. The molecule has 1 unspecified atom stereocenters. The molecule has 19 heavy (non-hydrogen) atoms. The Balaban J connectivity index is 1.92. The molecule has 0 saturated heterocycles. The largest absolute Gasteiger partial charge is 0.393 e. The fourth-order valence-corrected chi connectivity index (χ4v) is 2.28. The zero-order valence-corrected chi connectivity index (χ0v) is 11.4. The fraction of sp³-hybridized carbons (Fsp3) is 0.533. The van der Waals surface area contributed by atoms with E-state index in [2.05, 4.69) is 10.6 Å². The summed E-state index contributed by atoms with van der Waals surface area (Å²) in [6.07, 6.45) is 2.03. The fourth-order valence-electron chi connectivity index (χ4n) is 2.28. The first-order valence-corrected chi connectivity index (χ1v) is 6.99. The first-order valence-electron chi connectivity index (χ1n) is 6.99. The van der Waals surface area contributed by atoms with Gasteiger partial charge in [0.05, 0.1) is 6.10 Å². The summed E-state index contributed by atoms with van der Waals surface area (Å²) in [5, 5.41) is 15.6. The zero-order chi connectivity index (χ0) is 13.7. The van der Waals surface area contributed by atoms with Crippen molar-refractivity contribution in [3.63, 3.8) is 0 Å². The van der Waals surface area contributed by atoms with Crippen molar-refractivity contribution >= 4 is 5.91 Å². The highest BCUT2D eigenvalue weighted by atomic mass is 16.3. The molecular formula is C15H22N2O2. The lowest BCUT2D eigenvalue weighted by atomic mass is 9.98. The van der Waals surface area contributed by atoms with Crippen molar-refractivity contribution < 1.29 is 9.90 Å². The van der Waals surface area contributed by atoms with Gasteiger partial charge in [-0.05, 0) is 49.1 Å². The molecule has 1 aliphatic heterocycles. The van der Waals surface area contributed by atoms with Gasteiger partial charge in [0, 0.05) is 18.7 Å². The molecule has 0 aromatic heterocycles. The molecular weight excluding hydrogens is 240 g/mol. The van der Waals surface area contributed by atoms with Crippen LogP contribution in [0.1, 0.15) is 41.3 Å². The number of nitrogens with one attached hydrogen (secondary N) is 2. The number of rotatable bonds is 5. The molecule has 3 N–H and O–H groups in total. The second-order valence-electron chi connectivity index (χ2n) is 5.02. The van der Waals surface area contributed by atoms with Crippen LogP contribution >= 0.6 is 0 Å². The molecule has 1 atom stereocenters. The van der Waals surface area contributed by atoms with Crippen LogP contribution in [0.2, 0.25) is 0 Å². The van der Waals surface area contributed by atoms with E-state index in [9.17, 15) is 9.90 Å². The molecule has 0 radical (unpaired) electrons. The van der Waals surface area contributed by atoms with E-state index < -0.39 is 0 Å². The average molecular weight is 262 g/mol. The Kier molecular flexibility index (Phi) is 4.93. The molecule has 104 valence electrons. The van der Waals surface area contributed by atoms with Crippen LogP contribution < -0.4 is 10.6 Å². The zero-order valence-electron chi connectivity index (χ0n) is 11.4. The van der Waals surface area contributed by atoms with E-state index in [-0.39, 0.29) is 12.0 Å². The van der Waals surface area contributed by atoms with Crippen molar-refractivity contribution in [1.29, 1.82) is 0 Å². The van der Waals surface area contributed by atoms with Gasteiger partial charge in [-0.1, -0.05) is 13.0 Å². The minimum Gasteiger partial charge on any atom is -0.393 e. The van der Waals surface area contributed by atoms with Crippen LogP contribution in [0.15, 0.2) is 18.2 Å². The minimum atomic E-state index is -0.326. The number of benzene rings is 1. The Hall–Kier alpha value is -1.39. The van der Waals surface area contributed by atoms with Crippen LogP contribution in [0.5, 0.6) is 0 Å². The Labute approximate surface area is 114 Å². The first-order chi connectivity index (χ1) is 9.20. The van der Waals surface area contributed by atoms with Gasteiger partial charge < -0.3 is 15.7 Å². The monoisotopic (exact) mass is 262 g/mol. The molecule has 4 nitrogen and oxygen atoms in total. The first kappa shape index (κ1) is 14.0. The van der Waals surface area contributed by atoms with Gasteiger partial charge in [0.2, 0.25) is 0 Å². The Morgan fingerprint density at radius 3 is 3.11 bits per heavy atom. The van der Waals surface area contributed by atoms with Crippen molar-refractivity contribution in [3.05, 3.63) is 34.9 Å². The third-order valence-electron chi connectivity index (χ3n) is 3.59. The summed E-state index contributed by atoms with van der Waals surface area (Å²) in [6, 6.07) is 5.90. The summed E-state index contributed by atoms with van der Waals surface area (Å²) in [5.41, 5.74) is 3.25. The molecule has 0 bridgehead atoms. The van der Waals surface area contributed by atoms with Crippen molar-refractivity contribution in [2.45, 2.75) is 38.8 Å². The van der Waals surface area contributed by atoms with E-state index in [1.807, 2.05) is 25.1 Å². The van der Waals surface area contributed by atoms with Gasteiger partial charge in [-0.2, -0.15) is 0 Å². The van der Waals surface area contributed by atoms with Gasteiger partial charge >= 0.3 is 0 Å². The molecule has 1 heterocycles. The van der Waals surface area contributed by atoms with E-state index >= 15 is 0 Å². The maximum absolute atomic E-state index is 12.0. The smallest absolute Gasteiger partial charge is 0.251 e. The Bertz CT molecular complexity index is 446. The molecule has 1 amide bonds. The molecule has 0 spiro atoms. The quantitative estimate of drug-likeness (QED) is 0.748. The summed E-state index contributed by atoms with van der Waals surface area (Å²) in [7, 11) is 0. The summed E-state index contributed by atoms with van der Waals surface area (Å²) in [5.74, 6) is -0.0586. The van der Waals surface area contributed by atoms with Gasteiger partial charge in [-0.25, -0.2) is 0 Å². The highest BCUT2D eigenvalue weighted by Gasteiger charge is 2.12. The van der Waals surface area contributed by atoms with Gasteiger partial charge in [0.15, 0.2) is 0 Å². The van der Waals surface area contributed by atoms with Crippen molar-refractivity contribution in [2.24, 2.45) is 0 Å². The van der Waals surface area contributed by atoms with Crippen LogP contribution in [0.4, 0.5) is 0 Å². The summed E-state index contributed by atoms with van der Waals surface area (Å²) in [6.45, 7) is 4.30. The topological polar surface area (TPSA) is 61.4 Å². The van der Waals surface area contributed by atoms with E-state index in [0.29, 0.717) is 18.5 Å². The predicted molar refractivity (Wildman–Crippen MR) is 75.1 cm³/mol. The van der Waals surface area contributed by atoms with Gasteiger partial charge in [0.25, 0.3) is 5.91 Å². The third kappa shape index (κ3) is 3.78. The van der Waals surface area contributed by atoms with Crippen molar-refractivity contribution in [2.75, 3.05) is 13.1 Å². The molecule has 2 rings (SSSR count). The number of hydrogen-bond donors (Lipinski definition) is 3. The maximum atomic E-state index is 12.0. The SMILES string of the molecule is CCC(O)CCNC(=O)c1ccc2c(c1)CNCC2. The highest BCUT2D eigenvalue weighted by Crippen LogP contribution is 2.15. The number of aliphatic hydroxyl groups is 1. The summed E-state index contributed by atoms with van der Waals surface area (Å²) >= 11 is 0. The molecule has 4 heteroatoms. The molecule has 1 aliphatic rings. The molecule has 1 aromatic rings. The summed E-state index contributed by atoms with van der Waals surface area (Å²) in [4.78, 5) is 12.0. The Morgan fingerprint density at radius 2 is 2.32 bits per heavy atom. The lowest BCUT2D eigenvalue weighted by Crippen LogP contribution is -2.28. The third-order valence-corrected chi connectivity index (χ3v) is 3.59. The highest BCUT2D eigenvalue weighted by molar-refractivity contribution is 5.94. The summed E-state index contributed by atoms with van der Waals surface area (Å²) < 4.78 is 0. The van der Waals surface area contributed by atoms with Crippen LogP contribution in [0.3, 0.4) is 0 Å². The average Bonchev–Trinajstić information content (AvgIpc) is 2.46. The molecule has 0 aliphatic carbocycles. The lowest BCUT2D eigenvalue weighted by molar-refractivity contribution is 0.0942. The number of hydrogen-bond acceptors (Lipinski definition) is 3. The van der Waals surface area contributed by atoms with E-state index in [1.165, 1.54) is 11.1 Å². The van der Waals surface area contributed by atoms with Crippen LogP contribution in [-0.4, -0.2) is 30.2 Å². The normalized spacial score (nSPS) is 15.7. The molecule has 0 fully saturated rings. The maximum Gasteiger partial charge on any atom is 0.251 e. The van der Waals surface area contributed by atoms with Gasteiger partial charge in [-0.3, -0.25) is 4.79 Å². The number of aliphatic hydroxyl groups excluding tert-OH is 1. The van der Waals surface area contributed by atoms with Crippen LogP contribution in [0, 0.1) is 0 Å². The van der Waals surface area contributed by atoms with E-state index in [4.69, 9.17) is 0 Å². The number of carbonyl (C=O) groups excluding carboxylic acids is 1. The van der Waals surface area contributed by atoms with Gasteiger partial charge in [-0.15, -0.1) is 0 Å².